The lowest BCUT2D eigenvalue weighted by molar-refractivity contribution is -0.137. The molecule has 0 aliphatic carbocycles. The molecule has 0 unspecified atom stereocenters. The first kappa shape index (κ1) is 26.6. The molecule has 0 amide bonds. The van der Waals surface area contributed by atoms with Crippen molar-refractivity contribution in [1.82, 2.24) is 4.98 Å². The number of nitrogens with one attached hydrogen (secondary N) is 1. The van der Waals surface area contributed by atoms with Gasteiger partial charge in [0.15, 0.2) is 5.78 Å². The maximum Gasteiger partial charge on any atom is 0.418 e. The number of hydrogen-bond acceptors (Lipinski definition) is 4. The zero-order chi connectivity index (χ0) is 28.3. The van der Waals surface area contributed by atoms with Gasteiger partial charge in [0, 0.05) is 40.5 Å². The SMILES string of the molecule is O=C(O)Cc1cccc(NCc2cccc(-c3c(C(=O)c4ccccc4)cnc4c(C(F)(F)F)cccc34)c2)c1. The molecule has 0 bridgehead atoms. The van der Waals surface area contributed by atoms with Crippen LogP contribution in [-0.2, 0) is 23.9 Å². The van der Waals surface area contributed by atoms with Crippen LogP contribution in [0.5, 0.6) is 0 Å². The third-order valence-corrected chi connectivity index (χ3v) is 6.48. The Kier molecular flexibility index (Phi) is 7.33. The predicted octanol–water partition coefficient (Wildman–Crippen LogP) is 7.39. The maximum absolute atomic E-state index is 13.9. The first-order chi connectivity index (χ1) is 19.2. The highest BCUT2D eigenvalue weighted by atomic mass is 19.4. The predicted molar refractivity (Wildman–Crippen MR) is 147 cm³/mol. The van der Waals surface area contributed by atoms with Crippen molar-refractivity contribution in [2.75, 3.05) is 5.32 Å². The molecule has 0 saturated carbocycles. The minimum absolute atomic E-state index is 0.0990. The van der Waals surface area contributed by atoms with E-state index in [2.05, 4.69) is 10.3 Å². The molecule has 0 fully saturated rings. The Bertz CT molecular complexity index is 1720. The largest absolute Gasteiger partial charge is 0.481 e. The topological polar surface area (TPSA) is 79.3 Å². The van der Waals surface area contributed by atoms with E-state index in [1.165, 1.54) is 12.3 Å². The van der Waals surface area contributed by atoms with E-state index in [1.54, 1.807) is 66.7 Å². The number of halogens is 3. The zero-order valence-corrected chi connectivity index (χ0v) is 21.1. The van der Waals surface area contributed by atoms with Crippen molar-refractivity contribution in [3.63, 3.8) is 0 Å². The monoisotopic (exact) mass is 540 g/mol. The number of anilines is 1. The second kappa shape index (κ2) is 11.0. The lowest BCUT2D eigenvalue weighted by atomic mass is 9.90. The van der Waals surface area contributed by atoms with Crippen LogP contribution in [0.25, 0.3) is 22.0 Å². The minimum Gasteiger partial charge on any atom is -0.481 e. The standard InChI is InChI=1S/C32H23F3N2O3/c33-32(34,35)27-14-6-13-25-29(26(19-37-30(25)27)31(40)22-9-2-1-3-10-22)23-11-4-8-21(15-23)18-36-24-12-5-7-20(16-24)17-28(38)39/h1-16,19,36H,17-18H2,(H,38,39). The number of nitrogens with zero attached hydrogens (tertiary/aromatic N) is 1. The highest BCUT2D eigenvalue weighted by molar-refractivity contribution is 6.16. The maximum atomic E-state index is 13.9. The third kappa shape index (κ3) is 5.71. The quantitative estimate of drug-likeness (QED) is 0.201. The van der Waals surface area contributed by atoms with Gasteiger partial charge >= 0.3 is 12.1 Å². The second-order valence-corrected chi connectivity index (χ2v) is 9.27. The molecule has 5 nitrogen and oxygen atoms in total. The highest BCUT2D eigenvalue weighted by Crippen LogP contribution is 2.39. The average molecular weight is 541 g/mol. The van der Waals surface area contributed by atoms with Gasteiger partial charge in [0.25, 0.3) is 0 Å². The number of carbonyl (C=O) groups excluding carboxylic acids is 1. The van der Waals surface area contributed by atoms with Gasteiger partial charge in [-0.2, -0.15) is 13.2 Å². The summed E-state index contributed by atoms with van der Waals surface area (Å²) in [4.78, 5) is 28.7. The van der Waals surface area contributed by atoms with E-state index in [4.69, 9.17) is 5.11 Å². The van der Waals surface area contributed by atoms with E-state index in [0.29, 0.717) is 28.8 Å². The summed E-state index contributed by atoms with van der Waals surface area (Å²) in [7, 11) is 0. The molecule has 8 heteroatoms. The van der Waals surface area contributed by atoms with E-state index in [0.717, 1.165) is 17.3 Å². The van der Waals surface area contributed by atoms with Crippen molar-refractivity contribution < 1.29 is 27.9 Å². The Hall–Kier alpha value is -4.98. The van der Waals surface area contributed by atoms with Gasteiger partial charge in [-0.25, -0.2) is 0 Å². The van der Waals surface area contributed by atoms with Crippen molar-refractivity contribution >= 4 is 28.3 Å². The molecular weight excluding hydrogens is 517 g/mol. The van der Waals surface area contributed by atoms with Gasteiger partial charge < -0.3 is 10.4 Å². The molecule has 5 aromatic rings. The number of aliphatic carboxylic acids is 1. The molecule has 4 aromatic carbocycles. The number of aromatic nitrogens is 1. The van der Waals surface area contributed by atoms with Gasteiger partial charge in [0.1, 0.15) is 0 Å². The zero-order valence-electron chi connectivity index (χ0n) is 21.1. The molecule has 0 spiro atoms. The number of carboxylic acids is 1. The number of pyridine rings is 1. The van der Waals surface area contributed by atoms with Crippen molar-refractivity contribution in [2.24, 2.45) is 0 Å². The number of ketones is 1. The molecule has 5 rings (SSSR count). The fraction of sp³-hybridized carbons (Fsp3) is 0.0938. The number of carbonyl (C=O) groups is 2. The molecule has 200 valence electrons. The smallest absolute Gasteiger partial charge is 0.418 e. The normalized spacial score (nSPS) is 11.4. The first-order valence-electron chi connectivity index (χ1n) is 12.4. The van der Waals surface area contributed by atoms with Crippen LogP contribution in [-0.4, -0.2) is 21.8 Å². The number of rotatable bonds is 8. The number of benzene rings is 4. The first-order valence-corrected chi connectivity index (χ1v) is 12.4. The van der Waals surface area contributed by atoms with Gasteiger partial charge in [-0.3, -0.25) is 14.6 Å². The van der Waals surface area contributed by atoms with Crippen molar-refractivity contribution in [3.05, 3.63) is 131 Å². The van der Waals surface area contributed by atoms with Crippen molar-refractivity contribution in [3.8, 4) is 11.1 Å². The molecule has 0 radical (unpaired) electrons. The van der Waals surface area contributed by atoms with Crippen molar-refractivity contribution in [2.45, 2.75) is 19.1 Å². The van der Waals surface area contributed by atoms with Crippen LogP contribution in [0.4, 0.5) is 18.9 Å². The van der Waals surface area contributed by atoms with Crippen LogP contribution in [0, 0.1) is 0 Å². The molecule has 0 atom stereocenters. The van der Waals surface area contributed by atoms with Crippen LogP contribution in [0.2, 0.25) is 0 Å². The van der Waals surface area contributed by atoms with Crippen LogP contribution < -0.4 is 5.32 Å². The summed E-state index contributed by atoms with van der Waals surface area (Å²) in [5.74, 6) is -1.27. The Balaban J connectivity index is 1.58. The Labute approximate surface area is 227 Å². The Morgan fingerprint density at radius 2 is 1.55 bits per heavy atom. The molecule has 1 heterocycles. The molecule has 0 aliphatic rings. The summed E-state index contributed by atoms with van der Waals surface area (Å²) >= 11 is 0. The van der Waals surface area contributed by atoms with E-state index in [1.807, 2.05) is 18.2 Å². The molecule has 40 heavy (non-hydrogen) atoms. The number of para-hydroxylation sites is 1. The van der Waals surface area contributed by atoms with Gasteiger partial charge in [-0.15, -0.1) is 0 Å². The summed E-state index contributed by atoms with van der Waals surface area (Å²) in [5.41, 5.74) is 2.64. The van der Waals surface area contributed by atoms with Crippen LogP contribution in [0.15, 0.2) is 103 Å². The van der Waals surface area contributed by atoms with Gasteiger partial charge in [-0.05, 0) is 41.0 Å². The molecule has 1 aromatic heterocycles. The number of fused-ring (bicyclic) bond motifs is 1. The fourth-order valence-corrected chi connectivity index (χ4v) is 4.69. The average Bonchev–Trinajstić information content (AvgIpc) is 2.94. The lowest BCUT2D eigenvalue weighted by Crippen LogP contribution is -2.09. The van der Waals surface area contributed by atoms with Crippen molar-refractivity contribution in [1.29, 1.82) is 0 Å². The number of alkyl halides is 3. The summed E-state index contributed by atoms with van der Waals surface area (Å²) < 4.78 is 41.6. The van der Waals surface area contributed by atoms with E-state index < -0.39 is 17.7 Å². The van der Waals surface area contributed by atoms with E-state index in [-0.39, 0.29) is 28.7 Å². The Morgan fingerprint density at radius 3 is 2.30 bits per heavy atom. The molecular formula is C32H23F3N2O3. The number of hydrogen-bond donors (Lipinski definition) is 2. The molecule has 2 N–H and O–H groups in total. The Morgan fingerprint density at radius 1 is 0.825 bits per heavy atom. The van der Waals surface area contributed by atoms with Crippen LogP contribution in [0.3, 0.4) is 0 Å². The number of carboxylic acid groups (broad SMARTS) is 1. The van der Waals surface area contributed by atoms with E-state index >= 15 is 0 Å². The van der Waals surface area contributed by atoms with Crippen LogP contribution in [0.1, 0.15) is 32.6 Å². The second-order valence-electron chi connectivity index (χ2n) is 9.27. The highest BCUT2D eigenvalue weighted by Gasteiger charge is 2.34. The minimum atomic E-state index is -4.62. The summed E-state index contributed by atoms with van der Waals surface area (Å²) in [6, 6.07) is 26.7. The van der Waals surface area contributed by atoms with E-state index in [9.17, 15) is 22.8 Å². The molecule has 0 saturated heterocycles. The van der Waals surface area contributed by atoms with Crippen LogP contribution >= 0.6 is 0 Å². The van der Waals surface area contributed by atoms with Gasteiger partial charge in [-0.1, -0.05) is 72.8 Å². The molecule has 0 aliphatic heterocycles. The summed E-state index contributed by atoms with van der Waals surface area (Å²) in [6.45, 7) is 0.364. The lowest BCUT2D eigenvalue weighted by Gasteiger charge is -2.16. The summed E-state index contributed by atoms with van der Waals surface area (Å²) in [6.07, 6.45) is -3.49. The summed E-state index contributed by atoms with van der Waals surface area (Å²) in [5, 5.41) is 12.6. The third-order valence-electron chi connectivity index (χ3n) is 6.48. The van der Waals surface area contributed by atoms with Gasteiger partial charge in [0.05, 0.1) is 17.5 Å². The fourth-order valence-electron chi connectivity index (χ4n) is 4.69. The van der Waals surface area contributed by atoms with Gasteiger partial charge in [0.2, 0.25) is 0 Å².